The lowest BCUT2D eigenvalue weighted by Crippen LogP contribution is -2.33. The fourth-order valence-corrected chi connectivity index (χ4v) is 3.60. The summed E-state index contributed by atoms with van der Waals surface area (Å²) < 4.78 is 35.9. The number of fused-ring (bicyclic) bond motifs is 1. The number of nitrogens with one attached hydrogen (secondary N) is 1. The fraction of sp³-hybridized carbons (Fsp3) is 0.500. The van der Waals surface area contributed by atoms with Gasteiger partial charge in [-0.1, -0.05) is 25.4 Å². The summed E-state index contributed by atoms with van der Waals surface area (Å²) in [5.74, 6) is 0.305. The molecule has 2 aromatic rings. The van der Waals surface area contributed by atoms with E-state index in [0.717, 1.165) is 0 Å². The van der Waals surface area contributed by atoms with Crippen LogP contribution in [0.2, 0.25) is 5.02 Å². The van der Waals surface area contributed by atoms with Crippen molar-refractivity contribution in [1.82, 2.24) is 19.6 Å². The Kier molecular flexibility index (Phi) is 3.37. The van der Waals surface area contributed by atoms with Gasteiger partial charge in [0.2, 0.25) is 5.88 Å². The third kappa shape index (κ3) is 2.66. The number of hydrogen-bond donors (Lipinski definition) is 1. The molecule has 0 saturated carbocycles. The van der Waals surface area contributed by atoms with E-state index in [-0.39, 0.29) is 27.0 Å². The van der Waals surface area contributed by atoms with Gasteiger partial charge in [0.05, 0.1) is 19.3 Å². The lowest BCUT2D eigenvalue weighted by Gasteiger charge is -2.30. The maximum Gasteiger partial charge on any atom is 0.270 e. The van der Waals surface area contributed by atoms with E-state index >= 15 is 0 Å². The summed E-state index contributed by atoms with van der Waals surface area (Å²) in [4.78, 5) is -0.0234. The molecule has 0 aliphatic carbocycles. The zero-order valence-corrected chi connectivity index (χ0v) is 13.9. The van der Waals surface area contributed by atoms with Gasteiger partial charge in [0, 0.05) is 18.7 Å². The van der Waals surface area contributed by atoms with Crippen LogP contribution >= 0.6 is 11.6 Å². The van der Waals surface area contributed by atoms with E-state index in [4.69, 9.17) is 16.3 Å². The van der Waals surface area contributed by atoms with Gasteiger partial charge >= 0.3 is 0 Å². The monoisotopic (exact) mass is 345 g/mol. The molecule has 10 heteroatoms. The molecule has 1 aliphatic rings. The summed E-state index contributed by atoms with van der Waals surface area (Å²) in [6, 6.07) is 0. The molecule has 0 saturated heterocycles. The Bertz CT molecular complexity index is 824. The number of nitrogens with zero attached hydrogens (tertiary/aromatic N) is 4. The Balaban J connectivity index is 1.94. The first-order valence-corrected chi connectivity index (χ1v) is 8.45. The number of halogens is 1. The van der Waals surface area contributed by atoms with Gasteiger partial charge in [0.25, 0.3) is 10.0 Å². The standard InChI is InChI=1S/C12H16ClN5O3S/c1-12(2)6-18-11(21-7-12)9(4-14-18)22(19,20)16-10-8(13)5-17(3)15-10/h4-5H,6-7H2,1-3H3,(H,15,16). The molecule has 0 atom stereocenters. The normalized spacial score (nSPS) is 16.9. The van der Waals surface area contributed by atoms with Crippen LogP contribution in [0, 0.1) is 5.41 Å². The van der Waals surface area contributed by atoms with Crippen LogP contribution in [-0.2, 0) is 23.6 Å². The molecule has 22 heavy (non-hydrogen) atoms. The van der Waals surface area contributed by atoms with Gasteiger partial charge in [-0.2, -0.15) is 10.2 Å². The Morgan fingerprint density at radius 1 is 1.45 bits per heavy atom. The van der Waals surface area contributed by atoms with E-state index in [1.807, 2.05) is 13.8 Å². The van der Waals surface area contributed by atoms with Crippen LogP contribution in [0.25, 0.3) is 0 Å². The second-order valence-corrected chi connectivity index (χ2v) is 8.09. The van der Waals surface area contributed by atoms with Gasteiger partial charge < -0.3 is 4.74 Å². The van der Waals surface area contributed by atoms with Crippen molar-refractivity contribution in [2.45, 2.75) is 25.3 Å². The number of rotatable bonds is 3. The number of aryl methyl sites for hydroxylation is 1. The molecule has 1 N–H and O–H groups in total. The quantitative estimate of drug-likeness (QED) is 0.910. The van der Waals surface area contributed by atoms with Crippen molar-refractivity contribution < 1.29 is 13.2 Å². The van der Waals surface area contributed by atoms with Crippen molar-refractivity contribution in [2.24, 2.45) is 12.5 Å². The average molecular weight is 346 g/mol. The number of sulfonamides is 1. The number of aromatic nitrogens is 4. The minimum Gasteiger partial charge on any atom is -0.476 e. The molecule has 0 aromatic carbocycles. The molecule has 3 rings (SSSR count). The molecule has 1 aliphatic heterocycles. The van der Waals surface area contributed by atoms with Crippen LogP contribution in [0.4, 0.5) is 5.82 Å². The van der Waals surface area contributed by atoms with Crippen molar-refractivity contribution in [2.75, 3.05) is 11.3 Å². The summed E-state index contributed by atoms with van der Waals surface area (Å²) in [6.07, 6.45) is 2.78. The van der Waals surface area contributed by atoms with E-state index in [0.29, 0.717) is 13.2 Å². The Labute approximate surface area is 133 Å². The Morgan fingerprint density at radius 3 is 2.82 bits per heavy atom. The van der Waals surface area contributed by atoms with E-state index in [2.05, 4.69) is 14.9 Å². The number of hydrogen-bond acceptors (Lipinski definition) is 5. The molecule has 0 radical (unpaired) electrons. The highest BCUT2D eigenvalue weighted by atomic mass is 35.5. The number of anilines is 1. The van der Waals surface area contributed by atoms with E-state index in [9.17, 15) is 8.42 Å². The second kappa shape index (κ2) is 4.88. The van der Waals surface area contributed by atoms with Crippen LogP contribution in [0.1, 0.15) is 13.8 Å². The van der Waals surface area contributed by atoms with Gasteiger partial charge in [-0.15, -0.1) is 0 Å². The molecule has 0 bridgehead atoms. The van der Waals surface area contributed by atoms with Crippen molar-refractivity contribution in [3.8, 4) is 5.88 Å². The van der Waals surface area contributed by atoms with Crippen molar-refractivity contribution >= 4 is 27.4 Å². The van der Waals surface area contributed by atoms with Crippen LogP contribution in [0.5, 0.6) is 5.88 Å². The highest BCUT2D eigenvalue weighted by Crippen LogP contribution is 2.34. The smallest absolute Gasteiger partial charge is 0.270 e. The molecule has 3 heterocycles. The van der Waals surface area contributed by atoms with Crippen LogP contribution in [0.15, 0.2) is 17.3 Å². The van der Waals surface area contributed by atoms with Gasteiger partial charge in [-0.3, -0.25) is 9.40 Å². The average Bonchev–Trinajstić information content (AvgIpc) is 2.91. The van der Waals surface area contributed by atoms with Gasteiger partial charge in [-0.05, 0) is 0 Å². The summed E-state index contributed by atoms with van der Waals surface area (Å²) in [5.41, 5.74) is -0.0994. The lowest BCUT2D eigenvalue weighted by atomic mass is 9.94. The van der Waals surface area contributed by atoms with Crippen LogP contribution in [0.3, 0.4) is 0 Å². The molecule has 0 unspecified atom stereocenters. The largest absolute Gasteiger partial charge is 0.476 e. The molecular weight excluding hydrogens is 330 g/mol. The predicted octanol–water partition coefficient (Wildman–Crippen LogP) is 1.49. The zero-order valence-electron chi connectivity index (χ0n) is 12.4. The van der Waals surface area contributed by atoms with Crippen molar-refractivity contribution in [1.29, 1.82) is 0 Å². The lowest BCUT2D eigenvalue weighted by molar-refractivity contribution is 0.0971. The first-order valence-electron chi connectivity index (χ1n) is 6.58. The van der Waals surface area contributed by atoms with Gasteiger partial charge in [0.1, 0.15) is 5.02 Å². The summed E-state index contributed by atoms with van der Waals surface area (Å²) in [5, 5.41) is 8.29. The molecular formula is C12H16ClN5O3S. The highest BCUT2D eigenvalue weighted by molar-refractivity contribution is 7.92. The molecule has 0 amide bonds. The summed E-state index contributed by atoms with van der Waals surface area (Å²) in [6.45, 7) is 5.06. The van der Waals surface area contributed by atoms with E-state index in [1.165, 1.54) is 17.1 Å². The number of ether oxygens (including phenoxy) is 1. The van der Waals surface area contributed by atoms with Crippen molar-refractivity contribution in [3.05, 3.63) is 17.4 Å². The molecule has 8 nitrogen and oxygen atoms in total. The molecule has 2 aromatic heterocycles. The third-order valence-electron chi connectivity index (χ3n) is 3.24. The third-order valence-corrected chi connectivity index (χ3v) is 4.84. The topological polar surface area (TPSA) is 91.0 Å². The first-order chi connectivity index (χ1) is 10.2. The summed E-state index contributed by atoms with van der Waals surface area (Å²) >= 11 is 5.93. The Hall–Kier alpha value is -1.74. The molecule has 0 fully saturated rings. The second-order valence-electron chi connectivity index (χ2n) is 6.03. The maximum atomic E-state index is 12.5. The van der Waals surface area contributed by atoms with Crippen LogP contribution < -0.4 is 9.46 Å². The van der Waals surface area contributed by atoms with E-state index < -0.39 is 10.0 Å². The van der Waals surface area contributed by atoms with Crippen LogP contribution in [-0.4, -0.2) is 34.6 Å². The first kappa shape index (κ1) is 15.2. The van der Waals surface area contributed by atoms with Gasteiger partial charge in [0.15, 0.2) is 10.7 Å². The Morgan fingerprint density at radius 2 is 2.18 bits per heavy atom. The fourth-order valence-electron chi connectivity index (χ4n) is 2.23. The van der Waals surface area contributed by atoms with E-state index in [1.54, 1.807) is 11.7 Å². The highest BCUT2D eigenvalue weighted by Gasteiger charge is 2.33. The minimum absolute atomic E-state index is 0.0234. The van der Waals surface area contributed by atoms with Crippen molar-refractivity contribution in [3.63, 3.8) is 0 Å². The molecule has 0 spiro atoms. The minimum atomic E-state index is -3.88. The summed E-state index contributed by atoms with van der Waals surface area (Å²) in [7, 11) is -2.23. The SMILES string of the molecule is Cn1cc(Cl)c(NS(=O)(=O)c2cnn3c2OCC(C)(C)C3)n1. The predicted molar refractivity (Wildman–Crippen MR) is 80.5 cm³/mol. The zero-order chi connectivity index (χ0) is 16.1. The molecule has 120 valence electrons. The maximum absolute atomic E-state index is 12.5. The van der Waals surface area contributed by atoms with Gasteiger partial charge in [-0.25, -0.2) is 13.1 Å².